The van der Waals surface area contributed by atoms with Crippen LogP contribution in [0.5, 0.6) is 0 Å². The van der Waals surface area contributed by atoms with Gasteiger partial charge in [0.05, 0.1) is 6.67 Å². The second kappa shape index (κ2) is 2.71. The molecule has 0 aromatic heterocycles. The molecule has 0 saturated carbocycles. The van der Waals surface area contributed by atoms with E-state index < -0.39 is 0 Å². The molecule has 2 N–H and O–H groups in total. The summed E-state index contributed by atoms with van der Waals surface area (Å²) in [5.41, 5.74) is 7.45. The first-order valence-electron chi connectivity index (χ1n) is 4.08. The lowest BCUT2D eigenvalue weighted by atomic mass is 10.2. The largest absolute Gasteiger partial charge is 0.347 e. The van der Waals surface area contributed by atoms with Crippen molar-refractivity contribution in [2.75, 3.05) is 27.3 Å². The van der Waals surface area contributed by atoms with Gasteiger partial charge in [0.2, 0.25) is 0 Å². The third-order valence-corrected chi connectivity index (χ3v) is 2.14. The van der Waals surface area contributed by atoms with E-state index in [9.17, 15) is 0 Å². The zero-order valence-corrected chi connectivity index (χ0v) is 7.46. The van der Waals surface area contributed by atoms with E-state index in [2.05, 4.69) is 40.8 Å². The van der Waals surface area contributed by atoms with Gasteiger partial charge in [0.25, 0.3) is 0 Å². The van der Waals surface area contributed by atoms with Crippen molar-refractivity contribution in [2.45, 2.75) is 0 Å². The number of hydrazine groups is 1. The van der Waals surface area contributed by atoms with E-state index in [0.29, 0.717) is 0 Å². The highest BCUT2D eigenvalue weighted by Gasteiger charge is 2.19. The number of nitrogens with one attached hydrogen (secondary N) is 2. The maximum absolute atomic E-state index is 3.13. The molecule has 2 heterocycles. The summed E-state index contributed by atoms with van der Waals surface area (Å²) in [6.45, 7) is 1.99. The molecule has 0 aromatic rings. The quantitative estimate of drug-likeness (QED) is 0.515. The van der Waals surface area contributed by atoms with Gasteiger partial charge in [-0.15, -0.1) is 0 Å². The number of hydrogen-bond donors (Lipinski definition) is 2. The van der Waals surface area contributed by atoms with Gasteiger partial charge in [-0.25, -0.2) is 0 Å². The van der Waals surface area contributed by atoms with E-state index in [4.69, 9.17) is 0 Å². The first-order valence-corrected chi connectivity index (χ1v) is 4.08. The van der Waals surface area contributed by atoms with Gasteiger partial charge in [-0.1, -0.05) is 0 Å². The lowest BCUT2D eigenvalue weighted by molar-refractivity contribution is 0.189. The van der Waals surface area contributed by atoms with E-state index in [-0.39, 0.29) is 0 Å². The Labute approximate surface area is 72.5 Å². The van der Waals surface area contributed by atoms with Crippen molar-refractivity contribution in [1.82, 2.24) is 20.7 Å². The molecule has 2 rings (SSSR count). The lowest BCUT2D eigenvalue weighted by Gasteiger charge is -2.36. The molecule has 66 valence electrons. The summed E-state index contributed by atoms with van der Waals surface area (Å²) < 4.78 is 0. The van der Waals surface area contributed by atoms with Crippen molar-refractivity contribution >= 4 is 0 Å². The van der Waals surface area contributed by atoms with Crippen LogP contribution in [0.3, 0.4) is 0 Å². The molecule has 0 atom stereocenters. The van der Waals surface area contributed by atoms with Crippen molar-refractivity contribution in [2.24, 2.45) is 0 Å². The van der Waals surface area contributed by atoms with Crippen molar-refractivity contribution in [3.8, 4) is 0 Å². The van der Waals surface area contributed by atoms with Crippen molar-refractivity contribution in [3.05, 3.63) is 23.7 Å². The average molecular weight is 166 g/mol. The third-order valence-electron chi connectivity index (χ3n) is 2.14. The number of likely N-dealkylation sites (N-methyl/N-ethyl adjacent to an activating group) is 1. The molecule has 0 bridgehead atoms. The molecule has 0 radical (unpaired) electrons. The Morgan fingerprint density at radius 1 is 1.42 bits per heavy atom. The molecular formula is C8H14N4. The van der Waals surface area contributed by atoms with E-state index in [1.165, 1.54) is 11.4 Å². The minimum Gasteiger partial charge on any atom is -0.347 e. The van der Waals surface area contributed by atoms with E-state index in [1.807, 2.05) is 6.20 Å². The predicted octanol–water partition coefficient (Wildman–Crippen LogP) is -0.346. The Morgan fingerprint density at radius 2 is 2.25 bits per heavy atom. The Hall–Kier alpha value is -1.16. The monoisotopic (exact) mass is 166 g/mol. The van der Waals surface area contributed by atoms with Crippen molar-refractivity contribution in [1.29, 1.82) is 0 Å². The van der Waals surface area contributed by atoms with Crippen LogP contribution < -0.4 is 10.9 Å². The van der Waals surface area contributed by atoms with Crippen LogP contribution in [0.1, 0.15) is 0 Å². The molecule has 12 heavy (non-hydrogen) atoms. The van der Waals surface area contributed by atoms with Crippen LogP contribution in [-0.4, -0.2) is 37.1 Å². The summed E-state index contributed by atoms with van der Waals surface area (Å²) in [6.07, 6.45) is 4.03. The molecule has 0 unspecified atom stereocenters. The molecule has 4 nitrogen and oxygen atoms in total. The van der Waals surface area contributed by atoms with Gasteiger partial charge in [-0.05, 0) is 13.1 Å². The second-order valence-electron chi connectivity index (χ2n) is 3.33. The Bertz CT molecular complexity index is 243. The van der Waals surface area contributed by atoms with Crippen molar-refractivity contribution in [3.63, 3.8) is 0 Å². The Balaban J connectivity index is 2.27. The maximum Gasteiger partial charge on any atom is 0.125 e. The molecule has 0 aliphatic carbocycles. The molecule has 0 aromatic carbocycles. The van der Waals surface area contributed by atoms with Crippen LogP contribution >= 0.6 is 0 Å². The standard InChI is InChI=1S/C8H14N4/c1-11-5-7-3-4-9-10-8(7)12(2)6-11/h3-4,9-10H,5-6H2,1-2H3. The van der Waals surface area contributed by atoms with Crippen LogP contribution in [0.2, 0.25) is 0 Å². The molecule has 0 fully saturated rings. The normalized spacial score (nSPS) is 23.3. The summed E-state index contributed by atoms with van der Waals surface area (Å²) >= 11 is 0. The number of nitrogens with zero attached hydrogens (tertiary/aromatic N) is 2. The highest BCUT2D eigenvalue weighted by atomic mass is 15.5. The Kier molecular flexibility index (Phi) is 1.69. The maximum atomic E-state index is 3.13. The summed E-state index contributed by atoms with van der Waals surface area (Å²) in [5, 5.41) is 0. The van der Waals surface area contributed by atoms with Gasteiger partial charge in [0, 0.05) is 25.4 Å². The summed E-state index contributed by atoms with van der Waals surface area (Å²) in [7, 11) is 4.20. The van der Waals surface area contributed by atoms with Crippen LogP contribution in [-0.2, 0) is 0 Å². The minimum absolute atomic E-state index is 0.974. The SMILES string of the molecule is CN1CC2=C(NNC=C2)N(C)C1. The second-order valence-corrected chi connectivity index (χ2v) is 3.33. The number of hydrogen-bond acceptors (Lipinski definition) is 4. The minimum atomic E-state index is 0.974. The molecule has 2 aliphatic rings. The highest BCUT2D eigenvalue weighted by molar-refractivity contribution is 5.29. The first kappa shape index (κ1) is 7.49. The fourth-order valence-electron chi connectivity index (χ4n) is 1.65. The van der Waals surface area contributed by atoms with Gasteiger partial charge in [0.15, 0.2) is 0 Å². The Morgan fingerprint density at radius 3 is 3.08 bits per heavy atom. The van der Waals surface area contributed by atoms with Crippen molar-refractivity contribution < 1.29 is 0 Å². The molecule has 0 spiro atoms. The van der Waals surface area contributed by atoms with Crippen LogP contribution in [0.15, 0.2) is 23.7 Å². The van der Waals surface area contributed by atoms with Gasteiger partial charge < -0.3 is 10.3 Å². The molecule has 0 amide bonds. The molecular weight excluding hydrogens is 152 g/mol. The number of rotatable bonds is 0. The van der Waals surface area contributed by atoms with Gasteiger partial charge in [-0.2, -0.15) is 0 Å². The van der Waals surface area contributed by atoms with E-state index in [0.717, 1.165) is 13.2 Å². The summed E-state index contributed by atoms with van der Waals surface area (Å²) in [6, 6.07) is 0. The van der Waals surface area contributed by atoms with Gasteiger partial charge in [-0.3, -0.25) is 10.3 Å². The average Bonchev–Trinajstić information content (AvgIpc) is 2.04. The highest BCUT2D eigenvalue weighted by Crippen LogP contribution is 2.15. The van der Waals surface area contributed by atoms with Gasteiger partial charge in [0.1, 0.15) is 5.82 Å². The summed E-state index contributed by atoms with van der Waals surface area (Å²) in [4.78, 5) is 4.46. The smallest absolute Gasteiger partial charge is 0.125 e. The molecule has 4 heteroatoms. The third kappa shape index (κ3) is 1.14. The fraction of sp³-hybridized carbons (Fsp3) is 0.500. The molecule has 2 aliphatic heterocycles. The fourth-order valence-corrected chi connectivity index (χ4v) is 1.65. The topological polar surface area (TPSA) is 30.5 Å². The first-order chi connectivity index (χ1) is 5.77. The van der Waals surface area contributed by atoms with Crippen LogP contribution in [0.25, 0.3) is 0 Å². The zero-order valence-electron chi connectivity index (χ0n) is 7.46. The summed E-state index contributed by atoms with van der Waals surface area (Å²) in [5.74, 6) is 1.19. The molecule has 0 saturated heterocycles. The van der Waals surface area contributed by atoms with Crippen LogP contribution in [0.4, 0.5) is 0 Å². The predicted molar refractivity (Wildman–Crippen MR) is 47.7 cm³/mol. The van der Waals surface area contributed by atoms with Gasteiger partial charge >= 0.3 is 0 Å². The van der Waals surface area contributed by atoms with E-state index in [1.54, 1.807) is 0 Å². The zero-order chi connectivity index (χ0) is 8.55. The lowest BCUT2D eigenvalue weighted by Crippen LogP contribution is -2.47. The van der Waals surface area contributed by atoms with Crippen LogP contribution in [0, 0.1) is 0 Å². The van der Waals surface area contributed by atoms with E-state index >= 15 is 0 Å².